The van der Waals surface area contributed by atoms with E-state index in [1.54, 1.807) is 7.48 Å². The summed E-state index contributed by atoms with van der Waals surface area (Å²) in [5.74, 6) is -0.0126. The SMILES string of the molecule is CC(C)(C)OC(=O)N(Cc1ccccc1)[C@H](/C=C/[C@@H]([B]OCN)Cc1ccccc1)Cc1ccccc1. The lowest BCUT2D eigenvalue weighted by Crippen LogP contribution is -2.43. The molecule has 0 unspecified atom stereocenters. The number of nitrogens with two attached hydrogens (primary N) is 1. The minimum Gasteiger partial charge on any atom is -0.444 e. The van der Waals surface area contributed by atoms with Crippen molar-refractivity contribution in [3.63, 3.8) is 0 Å². The van der Waals surface area contributed by atoms with Gasteiger partial charge in [-0.05, 0) is 56.1 Å². The summed E-state index contributed by atoms with van der Waals surface area (Å²) in [6, 6.07) is 30.2. The molecule has 0 saturated carbocycles. The number of carbonyl (C=O) groups excluding carboxylic acids is 1. The molecular formula is C31H38BN2O3. The van der Waals surface area contributed by atoms with Gasteiger partial charge in [0.2, 0.25) is 0 Å². The van der Waals surface area contributed by atoms with Crippen molar-refractivity contribution in [1.29, 1.82) is 0 Å². The second-order valence-electron chi connectivity index (χ2n) is 10.1. The lowest BCUT2D eigenvalue weighted by atomic mass is 9.75. The summed E-state index contributed by atoms with van der Waals surface area (Å²) in [5.41, 5.74) is 8.38. The topological polar surface area (TPSA) is 64.8 Å². The number of benzene rings is 3. The third-order valence-corrected chi connectivity index (χ3v) is 5.77. The summed E-state index contributed by atoms with van der Waals surface area (Å²) in [4.78, 5) is 15.3. The van der Waals surface area contributed by atoms with E-state index >= 15 is 0 Å². The zero-order valence-corrected chi connectivity index (χ0v) is 22.1. The Labute approximate surface area is 222 Å². The highest BCUT2D eigenvalue weighted by Gasteiger charge is 2.28. The van der Waals surface area contributed by atoms with E-state index in [0.717, 1.165) is 17.5 Å². The van der Waals surface area contributed by atoms with Crippen LogP contribution in [0.2, 0.25) is 5.82 Å². The van der Waals surface area contributed by atoms with Gasteiger partial charge in [-0.3, -0.25) is 4.90 Å². The quantitative estimate of drug-likeness (QED) is 0.185. The van der Waals surface area contributed by atoms with Gasteiger partial charge in [0, 0.05) is 6.54 Å². The third kappa shape index (κ3) is 10.3. The van der Waals surface area contributed by atoms with Crippen molar-refractivity contribution >= 4 is 13.6 Å². The van der Waals surface area contributed by atoms with Crippen LogP contribution in [0.25, 0.3) is 0 Å². The highest BCUT2D eigenvalue weighted by molar-refractivity contribution is 6.30. The van der Waals surface area contributed by atoms with Crippen LogP contribution in [0, 0.1) is 0 Å². The van der Waals surface area contributed by atoms with Gasteiger partial charge in [0.1, 0.15) is 5.60 Å². The molecule has 1 radical (unpaired) electrons. The molecule has 3 aromatic carbocycles. The first-order valence-electron chi connectivity index (χ1n) is 12.8. The molecule has 2 atom stereocenters. The molecule has 193 valence electrons. The van der Waals surface area contributed by atoms with Crippen molar-refractivity contribution in [2.45, 2.75) is 57.6 Å². The molecule has 0 bridgehead atoms. The largest absolute Gasteiger partial charge is 0.444 e. The van der Waals surface area contributed by atoms with E-state index in [9.17, 15) is 4.79 Å². The summed E-state index contributed by atoms with van der Waals surface area (Å²) in [5, 5.41) is 0. The predicted molar refractivity (Wildman–Crippen MR) is 151 cm³/mol. The summed E-state index contributed by atoms with van der Waals surface area (Å²) >= 11 is 0. The number of ether oxygens (including phenoxy) is 1. The van der Waals surface area contributed by atoms with Crippen molar-refractivity contribution in [3.8, 4) is 0 Å². The van der Waals surface area contributed by atoms with Gasteiger partial charge in [-0.25, -0.2) is 4.79 Å². The monoisotopic (exact) mass is 497 g/mol. The smallest absolute Gasteiger partial charge is 0.411 e. The normalized spacial score (nSPS) is 13.2. The van der Waals surface area contributed by atoms with Gasteiger partial charge in [0.15, 0.2) is 0 Å². The van der Waals surface area contributed by atoms with Crippen LogP contribution >= 0.6 is 0 Å². The minimum absolute atomic E-state index is 0.0126. The summed E-state index contributed by atoms with van der Waals surface area (Å²) in [7, 11) is 1.78. The molecule has 0 aliphatic carbocycles. The third-order valence-electron chi connectivity index (χ3n) is 5.77. The average molecular weight is 497 g/mol. The van der Waals surface area contributed by atoms with Crippen LogP contribution < -0.4 is 5.73 Å². The Kier molecular flexibility index (Phi) is 11.0. The molecule has 1 amide bonds. The van der Waals surface area contributed by atoms with E-state index in [-0.39, 0.29) is 24.7 Å². The Morgan fingerprint density at radius 3 is 1.86 bits per heavy atom. The molecule has 0 aliphatic rings. The molecule has 2 N–H and O–H groups in total. The van der Waals surface area contributed by atoms with E-state index in [2.05, 4.69) is 36.4 Å². The first kappa shape index (κ1) is 28.2. The molecule has 3 aromatic rings. The Balaban J connectivity index is 1.94. The summed E-state index contributed by atoms with van der Waals surface area (Å²) in [6.45, 7) is 6.22. The molecule has 0 spiro atoms. The number of carbonyl (C=O) groups is 1. The maximum absolute atomic E-state index is 13.5. The Morgan fingerprint density at radius 2 is 1.35 bits per heavy atom. The molecule has 6 heteroatoms. The molecule has 0 aliphatic heterocycles. The maximum atomic E-state index is 13.5. The zero-order chi connectivity index (χ0) is 26.5. The molecule has 37 heavy (non-hydrogen) atoms. The van der Waals surface area contributed by atoms with Gasteiger partial charge < -0.3 is 15.1 Å². The van der Waals surface area contributed by atoms with E-state index in [1.807, 2.05) is 92.4 Å². The number of allylic oxidation sites excluding steroid dienone is 1. The highest BCUT2D eigenvalue weighted by atomic mass is 16.6. The number of nitrogens with zero attached hydrogens (tertiary/aromatic N) is 1. The summed E-state index contributed by atoms with van der Waals surface area (Å²) < 4.78 is 11.3. The van der Waals surface area contributed by atoms with Crippen molar-refractivity contribution < 1.29 is 14.2 Å². The Morgan fingerprint density at radius 1 is 0.838 bits per heavy atom. The maximum Gasteiger partial charge on any atom is 0.411 e. The van der Waals surface area contributed by atoms with Crippen LogP contribution in [-0.4, -0.2) is 36.8 Å². The fraction of sp³-hybridized carbons (Fsp3) is 0.323. The van der Waals surface area contributed by atoms with Gasteiger partial charge >= 0.3 is 13.6 Å². The van der Waals surface area contributed by atoms with Crippen molar-refractivity contribution in [3.05, 3.63) is 120 Å². The first-order valence-corrected chi connectivity index (χ1v) is 12.8. The van der Waals surface area contributed by atoms with Gasteiger partial charge in [0.05, 0.1) is 12.8 Å². The second-order valence-corrected chi connectivity index (χ2v) is 10.1. The van der Waals surface area contributed by atoms with Crippen molar-refractivity contribution in [2.24, 2.45) is 5.73 Å². The minimum atomic E-state index is -0.606. The first-order chi connectivity index (χ1) is 17.8. The molecule has 3 rings (SSSR count). The van der Waals surface area contributed by atoms with Crippen LogP contribution in [-0.2, 0) is 28.8 Å². The van der Waals surface area contributed by atoms with Crippen LogP contribution in [0.5, 0.6) is 0 Å². The van der Waals surface area contributed by atoms with Crippen molar-refractivity contribution in [2.75, 3.05) is 6.73 Å². The zero-order valence-electron chi connectivity index (χ0n) is 22.1. The highest BCUT2D eigenvalue weighted by Crippen LogP contribution is 2.22. The Bertz CT molecular complexity index is 1090. The molecule has 0 saturated heterocycles. The van der Waals surface area contributed by atoms with Crippen LogP contribution in [0.4, 0.5) is 4.79 Å². The van der Waals surface area contributed by atoms with Crippen LogP contribution in [0.3, 0.4) is 0 Å². The van der Waals surface area contributed by atoms with Crippen LogP contribution in [0.15, 0.2) is 103 Å². The van der Waals surface area contributed by atoms with E-state index in [0.29, 0.717) is 13.0 Å². The van der Waals surface area contributed by atoms with E-state index in [4.69, 9.17) is 15.1 Å². The van der Waals surface area contributed by atoms with Gasteiger partial charge in [0.25, 0.3) is 0 Å². The predicted octanol–water partition coefficient (Wildman–Crippen LogP) is 6.17. The standard InChI is InChI=1S/C31H38BN2O3/c1-31(2,3)37-30(35)34(23-27-17-11-6-12-18-27)29(22-26-15-9-5-10-16-26)20-19-28(32-36-24-33)21-25-13-7-4-8-14-25/h4-20,28-29H,21-24,33H2,1-3H3/b20-19+/t28-,29-/m1/s1. The molecular weight excluding hydrogens is 459 g/mol. The molecule has 0 aromatic heterocycles. The van der Waals surface area contributed by atoms with Crippen LogP contribution in [0.1, 0.15) is 37.5 Å². The molecule has 5 nitrogen and oxygen atoms in total. The second kappa shape index (κ2) is 14.4. The van der Waals surface area contributed by atoms with Gasteiger partial charge in [-0.1, -0.05) is 103 Å². The fourth-order valence-electron chi connectivity index (χ4n) is 4.05. The Hall–Kier alpha value is -3.35. The molecule has 0 fully saturated rings. The average Bonchev–Trinajstić information content (AvgIpc) is 2.89. The van der Waals surface area contributed by atoms with E-state index < -0.39 is 5.60 Å². The summed E-state index contributed by atoms with van der Waals surface area (Å²) in [6.07, 6.45) is 5.28. The number of hydrogen-bond donors (Lipinski definition) is 1. The molecule has 0 heterocycles. The lowest BCUT2D eigenvalue weighted by molar-refractivity contribution is 0.0180. The number of hydrogen-bond acceptors (Lipinski definition) is 4. The lowest BCUT2D eigenvalue weighted by Gasteiger charge is -2.33. The number of rotatable bonds is 12. The van der Waals surface area contributed by atoms with Crippen molar-refractivity contribution in [1.82, 2.24) is 4.90 Å². The van der Waals surface area contributed by atoms with E-state index in [1.165, 1.54) is 5.56 Å². The fourth-order valence-corrected chi connectivity index (χ4v) is 4.05. The number of amides is 1. The van der Waals surface area contributed by atoms with Gasteiger partial charge in [-0.2, -0.15) is 0 Å². The van der Waals surface area contributed by atoms with Gasteiger partial charge in [-0.15, -0.1) is 0 Å².